The van der Waals surface area contributed by atoms with E-state index in [-0.39, 0.29) is 24.1 Å². The lowest BCUT2D eigenvalue weighted by atomic mass is 10.0. The van der Waals surface area contributed by atoms with E-state index in [0.29, 0.717) is 23.9 Å². The highest BCUT2D eigenvalue weighted by molar-refractivity contribution is 9.10. The van der Waals surface area contributed by atoms with Gasteiger partial charge in [-0.05, 0) is 54.3 Å². The van der Waals surface area contributed by atoms with E-state index in [9.17, 15) is 9.59 Å². The molecule has 7 nitrogen and oxygen atoms in total. The number of benzene rings is 3. The van der Waals surface area contributed by atoms with Crippen molar-refractivity contribution in [2.45, 2.75) is 31.0 Å². The minimum Gasteiger partial charge on any atom is -0.348 e. The van der Waals surface area contributed by atoms with Gasteiger partial charge in [-0.2, -0.15) is 0 Å². The molecule has 0 unspecified atom stereocenters. The molecule has 1 aliphatic heterocycles. The number of hydrogen-bond acceptors (Lipinski definition) is 5. The molecule has 37 heavy (non-hydrogen) atoms. The Hall–Kier alpha value is -3.43. The maximum Gasteiger partial charge on any atom is 0.237 e. The normalized spacial score (nSPS) is 12.7. The third kappa shape index (κ3) is 6.11. The van der Waals surface area contributed by atoms with Gasteiger partial charge < -0.3 is 10.2 Å². The van der Waals surface area contributed by atoms with Crippen LogP contribution in [-0.2, 0) is 29.0 Å². The van der Waals surface area contributed by atoms with E-state index in [1.165, 1.54) is 17.3 Å². The van der Waals surface area contributed by atoms with Gasteiger partial charge in [0.15, 0.2) is 11.0 Å². The number of carbonyl (C=O) groups excluding carboxylic acids is 2. The number of fused-ring (bicyclic) bond motifs is 1. The van der Waals surface area contributed by atoms with E-state index >= 15 is 0 Å². The second kappa shape index (κ2) is 11.7. The molecule has 188 valence electrons. The molecule has 2 amide bonds. The third-order valence-electron chi connectivity index (χ3n) is 6.17. The Morgan fingerprint density at radius 2 is 1.70 bits per heavy atom. The highest BCUT2D eigenvalue weighted by atomic mass is 79.9. The van der Waals surface area contributed by atoms with Gasteiger partial charge in [-0.1, -0.05) is 76.2 Å². The second-order valence-corrected chi connectivity index (χ2v) is 10.6. The van der Waals surface area contributed by atoms with Crippen LogP contribution < -0.4 is 10.2 Å². The van der Waals surface area contributed by atoms with E-state index in [0.717, 1.165) is 34.3 Å². The molecule has 3 aromatic carbocycles. The Morgan fingerprint density at radius 3 is 2.51 bits per heavy atom. The first kappa shape index (κ1) is 25.2. The summed E-state index contributed by atoms with van der Waals surface area (Å²) >= 11 is 4.84. The van der Waals surface area contributed by atoms with Crippen molar-refractivity contribution < 1.29 is 9.59 Å². The van der Waals surface area contributed by atoms with Crippen LogP contribution in [0.5, 0.6) is 0 Å². The van der Waals surface area contributed by atoms with Crippen molar-refractivity contribution in [3.8, 4) is 5.69 Å². The summed E-state index contributed by atoms with van der Waals surface area (Å²) < 4.78 is 2.85. The number of para-hydroxylation sites is 1. The van der Waals surface area contributed by atoms with Crippen LogP contribution in [0.25, 0.3) is 5.69 Å². The van der Waals surface area contributed by atoms with Crippen LogP contribution in [0.1, 0.15) is 23.4 Å². The van der Waals surface area contributed by atoms with Crippen molar-refractivity contribution in [2.75, 3.05) is 17.2 Å². The van der Waals surface area contributed by atoms with Crippen LogP contribution in [0.3, 0.4) is 0 Å². The number of aromatic nitrogens is 3. The number of aryl methyl sites for hydroxylation is 1. The van der Waals surface area contributed by atoms with E-state index in [2.05, 4.69) is 37.5 Å². The summed E-state index contributed by atoms with van der Waals surface area (Å²) in [6.45, 7) is 0.942. The summed E-state index contributed by atoms with van der Waals surface area (Å²) in [5.74, 6) is 0.788. The lowest BCUT2D eigenvalue weighted by Crippen LogP contribution is -2.36. The van der Waals surface area contributed by atoms with Crippen LogP contribution in [0.15, 0.2) is 88.5 Å². The van der Waals surface area contributed by atoms with E-state index in [4.69, 9.17) is 0 Å². The standard InChI is InChI=1S/C28H26BrN5O2S/c29-22-12-14-23(15-13-22)34-25(18-30-26(35)17-20-7-2-1-3-8-20)31-32-28(34)37-19-27(36)33-16-6-10-21-9-4-5-11-24(21)33/h1-5,7-9,11-15H,6,10,16-19H2,(H,30,35). The summed E-state index contributed by atoms with van der Waals surface area (Å²) in [5, 5.41) is 12.3. The fourth-order valence-corrected chi connectivity index (χ4v) is 5.49. The summed E-state index contributed by atoms with van der Waals surface area (Å²) in [4.78, 5) is 27.6. The molecule has 1 aliphatic rings. The largest absolute Gasteiger partial charge is 0.348 e. The van der Waals surface area contributed by atoms with Gasteiger partial charge in [-0.25, -0.2) is 0 Å². The topological polar surface area (TPSA) is 80.1 Å². The molecule has 5 rings (SSSR count). The summed E-state index contributed by atoms with van der Waals surface area (Å²) in [5.41, 5.74) is 4.01. The number of amides is 2. The molecule has 9 heteroatoms. The van der Waals surface area contributed by atoms with E-state index in [1.807, 2.05) is 82.3 Å². The number of rotatable bonds is 8. The Kier molecular flexibility index (Phi) is 8.01. The summed E-state index contributed by atoms with van der Waals surface area (Å²) in [6.07, 6.45) is 2.24. The van der Waals surface area contributed by atoms with Crippen molar-refractivity contribution >= 4 is 45.2 Å². The van der Waals surface area contributed by atoms with Crippen molar-refractivity contribution in [2.24, 2.45) is 0 Å². The Labute approximate surface area is 228 Å². The van der Waals surface area contributed by atoms with Crippen LogP contribution >= 0.6 is 27.7 Å². The van der Waals surface area contributed by atoms with Gasteiger partial charge in [0, 0.05) is 22.4 Å². The molecule has 2 heterocycles. The number of nitrogens with zero attached hydrogens (tertiary/aromatic N) is 4. The molecule has 0 aliphatic carbocycles. The SMILES string of the molecule is O=C(Cc1ccccc1)NCc1nnc(SCC(=O)N2CCCc3ccccc32)n1-c1ccc(Br)cc1. The van der Waals surface area contributed by atoms with Crippen molar-refractivity contribution in [1.82, 2.24) is 20.1 Å². The smallest absolute Gasteiger partial charge is 0.237 e. The quantitative estimate of drug-likeness (QED) is 0.300. The van der Waals surface area contributed by atoms with Gasteiger partial charge in [-0.15, -0.1) is 10.2 Å². The zero-order chi connectivity index (χ0) is 25.6. The third-order valence-corrected chi connectivity index (χ3v) is 7.61. The van der Waals surface area contributed by atoms with Crippen LogP contribution in [0.2, 0.25) is 0 Å². The van der Waals surface area contributed by atoms with Crippen molar-refractivity contribution in [3.05, 3.63) is 100 Å². The molecule has 0 saturated heterocycles. The Bertz CT molecular complexity index is 1390. The molecule has 0 bridgehead atoms. The molecule has 0 spiro atoms. The number of nitrogens with one attached hydrogen (secondary N) is 1. The monoisotopic (exact) mass is 575 g/mol. The second-order valence-electron chi connectivity index (χ2n) is 8.72. The first-order valence-electron chi connectivity index (χ1n) is 12.1. The fourth-order valence-electron chi connectivity index (χ4n) is 4.38. The average molecular weight is 577 g/mol. The maximum atomic E-state index is 13.2. The number of hydrogen-bond donors (Lipinski definition) is 1. The minimum absolute atomic E-state index is 0.0419. The van der Waals surface area contributed by atoms with Gasteiger partial charge in [0.05, 0.1) is 18.7 Å². The highest BCUT2D eigenvalue weighted by Gasteiger charge is 2.23. The van der Waals surface area contributed by atoms with Gasteiger partial charge in [0.1, 0.15) is 0 Å². The summed E-state index contributed by atoms with van der Waals surface area (Å²) in [7, 11) is 0. The van der Waals surface area contributed by atoms with Crippen LogP contribution in [0.4, 0.5) is 5.69 Å². The maximum absolute atomic E-state index is 13.2. The van der Waals surface area contributed by atoms with Crippen molar-refractivity contribution in [3.63, 3.8) is 0 Å². The summed E-state index contributed by atoms with van der Waals surface area (Å²) in [6, 6.07) is 25.5. The lowest BCUT2D eigenvalue weighted by Gasteiger charge is -2.29. The molecule has 0 atom stereocenters. The molecular formula is C28H26BrN5O2S. The average Bonchev–Trinajstić information content (AvgIpc) is 3.34. The lowest BCUT2D eigenvalue weighted by molar-refractivity contribution is -0.120. The molecule has 0 radical (unpaired) electrons. The fraction of sp³-hybridized carbons (Fsp3) is 0.214. The predicted octanol–water partition coefficient (Wildman–Crippen LogP) is 4.96. The Balaban J connectivity index is 1.31. The Morgan fingerprint density at radius 1 is 0.946 bits per heavy atom. The first-order valence-corrected chi connectivity index (χ1v) is 13.9. The number of thioether (sulfide) groups is 1. The molecular weight excluding hydrogens is 550 g/mol. The minimum atomic E-state index is -0.0929. The van der Waals surface area contributed by atoms with E-state index < -0.39 is 0 Å². The highest BCUT2D eigenvalue weighted by Crippen LogP contribution is 2.29. The van der Waals surface area contributed by atoms with Gasteiger partial charge in [0.25, 0.3) is 0 Å². The van der Waals surface area contributed by atoms with E-state index in [1.54, 1.807) is 0 Å². The van der Waals surface area contributed by atoms with Gasteiger partial charge in [-0.3, -0.25) is 14.2 Å². The van der Waals surface area contributed by atoms with Gasteiger partial charge in [0.2, 0.25) is 11.8 Å². The zero-order valence-electron chi connectivity index (χ0n) is 20.1. The van der Waals surface area contributed by atoms with Crippen molar-refractivity contribution in [1.29, 1.82) is 0 Å². The van der Waals surface area contributed by atoms with Crippen LogP contribution in [0, 0.1) is 0 Å². The first-order chi connectivity index (χ1) is 18.1. The zero-order valence-corrected chi connectivity index (χ0v) is 22.5. The van der Waals surface area contributed by atoms with Gasteiger partial charge >= 0.3 is 0 Å². The molecule has 0 saturated carbocycles. The predicted molar refractivity (Wildman–Crippen MR) is 149 cm³/mol. The molecule has 4 aromatic rings. The number of anilines is 1. The number of carbonyl (C=O) groups is 2. The molecule has 0 fully saturated rings. The molecule has 1 aromatic heterocycles. The van der Waals surface area contributed by atoms with Crippen LogP contribution in [-0.4, -0.2) is 38.9 Å². The molecule has 1 N–H and O–H groups in total. The number of halogens is 1.